The highest BCUT2D eigenvalue weighted by Gasteiger charge is 2.46. The van der Waals surface area contributed by atoms with Crippen LogP contribution >= 0.6 is 11.8 Å². The van der Waals surface area contributed by atoms with E-state index >= 15 is 0 Å². The van der Waals surface area contributed by atoms with Crippen LogP contribution in [0.2, 0.25) is 0 Å². The Labute approximate surface area is 185 Å². The van der Waals surface area contributed by atoms with Crippen LogP contribution < -0.4 is 9.47 Å². The summed E-state index contributed by atoms with van der Waals surface area (Å²) < 4.78 is 16.4. The second-order valence-electron chi connectivity index (χ2n) is 7.45. The van der Waals surface area contributed by atoms with Gasteiger partial charge < -0.3 is 14.2 Å². The topological polar surface area (TPSA) is 94.5 Å². The fourth-order valence-corrected chi connectivity index (χ4v) is 4.49. The quantitative estimate of drug-likeness (QED) is 0.487. The first-order valence-corrected chi connectivity index (χ1v) is 11.0. The summed E-state index contributed by atoms with van der Waals surface area (Å²) in [4.78, 5) is 43.5. The number of esters is 2. The molecule has 1 aromatic carbocycles. The SMILES string of the molecule is CCOc1cc([C@@H]2C(C(=O)OC(C)C)=C(C)N=C3S[C@H](C)C(=O)N32)ccc1OC(C)=O. The molecule has 3 rings (SSSR count). The predicted octanol–water partition coefficient (Wildman–Crippen LogP) is 3.61. The molecular weight excluding hydrogens is 420 g/mol. The highest BCUT2D eigenvalue weighted by Crippen LogP contribution is 2.45. The maximum Gasteiger partial charge on any atom is 0.338 e. The third-order valence-corrected chi connectivity index (χ3v) is 5.71. The molecule has 0 radical (unpaired) electrons. The average molecular weight is 447 g/mol. The summed E-state index contributed by atoms with van der Waals surface area (Å²) in [7, 11) is 0. The molecule has 0 aliphatic carbocycles. The van der Waals surface area contributed by atoms with Crippen molar-refractivity contribution in [2.24, 2.45) is 4.99 Å². The third kappa shape index (κ3) is 4.61. The molecule has 2 aliphatic rings. The summed E-state index contributed by atoms with van der Waals surface area (Å²) in [6.45, 7) is 10.5. The Morgan fingerprint density at radius 3 is 2.58 bits per heavy atom. The van der Waals surface area contributed by atoms with Gasteiger partial charge >= 0.3 is 11.9 Å². The number of benzene rings is 1. The summed E-state index contributed by atoms with van der Waals surface area (Å²) in [5, 5.41) is 0.226. The van der Waals surface area contributed by atoms with Crippen LogP contribution in [0.15, 0.2) is 34.5 Å². The third-order valence-electron chi connectivity index (χ3n) is 4.66. The van der Waals surface area contributed by atoms with E-state index in [1.54, 1.807) is 39.0 Å². The Morgan fingerprint density at radius 2 is 1.97 bits per heavy atom. The first-order valence-electron chi connectivity index (χ1n) is 10.1. The van der Waals surface area contributed by atoms with E-state index in [0.717, 1.165) is 0 Å². The Morgan fingerprint density at radius 1 is 1.26 bits per heavy atom. The van der Waals surface area contributed by atoms with E-state index in [2.05, 4.69) is 4.99 Å². The molecule has 8 nitrogen and oxygen atoms in total. The number of rotatable bonds is 6. The Kier molecular flexibility index (Phi) is 6.74. The number of amidine groups is 1. The van der Waals surface area contributed by atoms with E-state index in [1.807, 2.05) is 13.8 Å². The smallest absolute Gasteiger partial charge is 0.338 e. The van der Waals surface area contributed by atoms with E-state index in [-0.39, 0.29) is 23.0 Å². The fourth-order valence-electron chi connectivity index (χ4n) is 3.46. The van der Waals surface area contributed by atoms with Gasteiger partial charge in [-0.3, -0.25) is 14.5 Å². The van der Waals surface area contributed by atoms with Crippen LogP contribution in [-0.2, 0) is 19.1 Å². The van der Waals surface area contributed by atoms with Gasteiger partial charge in [0.25, 0.3) is 0 Å². The maximum atomic E-state index is 13.0. The monoisotopic (exact) mass is 446 g/mol. The summed E-state index contributed by atoms with van der Waals surface area (Å²) >= 11 is 1.35. The summed E-state index contributed by atoms with van der Waals surface area (Å²) in [6, 6.07) is 4.27. The predicted molar refractivity (Wildman–Crippen MR) is 117 cm³/mol. The molecule has 31 heavy (non-hydrogen) atoms. The number of allylic oxidation sites excluding steroid dienone is 1. The van der Waals surface area contributed by atoms with Gasteiger partial charge in [-0.15, -0.1) is 0 Å². The molecule has 0 saturated carbocycles. The van der Waals surface area contributed by atoms with Gasteiger partial charge in [-0.2, -0.15) is 0 Å². The second-order valence-corrected chi connectivity index (χ2v) is 8.76. The molecule has 2 aliphatic heterocycles. The minimum atomic E-state index is -0.728. The standard InChI is InChI=1S/C22H26N2O6S/c1-7-28-17-10-15(8-9-16(17)30-14(6)25)19-18(21(27)29-11(2)3)12(4)23-22-24(19)20(26)13(5)31-22/h8-11,13,19H,7H2,1-6H3/t13-,19-/m1/s1. The van der Waals surface area contributed by atoms with Crippen molar-refractivity contribution in [3.63, 3.8) is 0 Å². The number of carbonyl (C=O) groups is 3. The first-order chi connectivity index (χ1) is 14.6. The lowest BCUT2D eigenvalue weighted by Gasteiger charge is -2.33. The van der Waals surface area contributed by atoms with Crippen LogP contribution in [0.5, 0.6) is 11.5 Å². The van der Waals surface area contributed by atoms with E-state index in [4.69, 9.17) is 14.2 Å². The summed E-state index contributed by atoms with van der Waals surface area (Å²) in [6.07, 6.45) is -0.327. The lowest BCUT2D eigenvalue weighted by atomic mass is 9.94. The number of carbonyl (C=O) groups excluding carboxylic acids is 3. The van der Waals surface area contributed by atoms with E-state index in [1.165, 1.54) is 23.6 Å². The van der Waals surface area contributed by atoms with Gasteiger partial charge in [0.05, 0.1) is 35.3 Å². The van der Waals surface area contributed by atoms with Crippen molar-refractivity contribution in [3.8, 4) is 11.5 Å². The molecule has 0 bridgehead atoms. The largest absolute Gasteiger partial charge is 0.490 e. The molecule has 1 saturated heterocycles. The number of nitrogens with zero attached hydrogens (tertiary/aromatic N) is 2. The summed E-state index contributed by atoms with van der Waals surface area (Å²) in [5.41, 5.74) is 1.42. The van der Waals surface area contributed by atoms with Crippen molar-refractivity contribution in [3.05, 3.63) is 35.0 Å². The minimum Gasteiger partial charge on any atom is -0.490 e. The molecule has 166 valence electrons. The van der Waals surface area contributed by atoms with Gasteiger partial charge in [0.2, 0.25) is 5.91 Å². The fraction of sp³-hybridized carbons (Fsp3) is 0.455. The van der Waals surface area contributed by atoms with Gasteiger partial charge in [0.15, 0.2) is 16.7 Å². The number of thioether (sulfide) groups is 1. The van der Waals surface area contributed by atoms with Crippen LogP contribution in [0.4, 0.5) is 0 Å². The number of ether oxygens (including phenoxy) is 3. The second kappa shape index (κ2) is 9.13. The van der Waals surface area contributed by atoms with Crippen molar-refractivity contribution in [1.82, 2.24) is 4.90 Å². The van der Waals surface area contributed by atoms with Crippen molar-refractivity contribution >= 4 is 34.8 Å². The zero-order chi connectivity index (χ0) is 22.9. The van der Waals surface area contributed by atoms with Crippen LogP contribution in [0, 0.1) is 0 Å². The zero-order valence-electron chi connectivity index (χ0n) is 18.4. The highest BCUT2D eigenvalue weighted by atomic mass is 32.2. The van der Waals surface area contributed by atoms with Gasteiger partial charge in [-0.1, -0.05) is 17.8 Å². The number of hydrogen-bond acceptors (Lipinski definition) is 8. The van der Waals surface area contributed by atoms with Gasteiger partial charge in [-0.05, 0) is 52.3 Å². The molecule has 0 aromatic heterocycles. The number of amides is 1. The van der Waals surface area contributed by atoms with Crippen molar-refractivity contribution < 1.29 is 28.6 Å². The Bertz CT molecular complexity index is 984. The Hall–Kier alpha value is -2.81. The number of hydrogen-bond donors (Lipinski definition) is 0. The minimum absolute atomic E-state index is 0.141. The van der Waals surface area contributed by atoms with Gasteiger partial charge in [0, 0.05) is 6.92 Å². The average Bonchev–Trinajstić information content (AvgIpc) is 2.94. The first kappa shape index (κ1) is 22.9. The van der Waals surface area contributed by atoms with Crippen molar-refractivity contribution in [2.75, 3.05) is 6.61 Å². The van der Waals surface area contributed by atoms with Crippen LogP contribution in [-0.4, -0.2) is 45.9 Å². The van der Waals surface area contributed by atoms with Crippen LogP contribution in [0.3, 0.4) is 0 Å². The molecule has 1 aromatic rings. The molecule has 0 N–H and O–H groups in total. The van der Waals surface area contributed by atoms with Gasteiger partial charge in [0.1, 0.15) is 0 Å². The molecule has 0 spiro atoms. The number of fused-ring (bicyclic) bond motifs is 1. The van der Waals surface area contributed by atoms with Crippen LogP contribution in [0.25, 0.3) is 0 Å². The number of aliphatic imine (C=N–C) groups is 1. The molecule has 2 heterocycles. The van der Waals surface area contributed by atoms with E-state index in [9.17, 15) is 14.4 Å². The lowest BCUT2D eigenvalue weighted by Crippen LogP contribution is -2.40. The molecule has 1 fully saturated rings. The van der Waals surface area contributed by atoms with Crippen LogP contribution in [0.1, 0.15) is 53.1 Å². The molecule has 9 heteroatoms. The highest BCUT2D eigenvalue weighted by molar-refractivity contribution is 8.15. The molecular formula is C22H26N2O6S. The van der Waals surface area contributed by atoms with Crippen molar-refractivity contribution in [1.29, 1.82) is 0 Å². The summed E-state index contributed by atoms with van der Waals surface area (Å²) in [5.74, 6) is -0.526. The van der Waals surface area contributed by atoms with Crippen molar-refractivity contribution in [2.45, 2.75) is 58.9 Å². The van der Waals surface area contributed by atoms with Gasteiger partial charge in [-0.25, -0.2) is 9.79 Å². The van der Waals surface area contributed by atoms with E-state index < -0.39 is 18.0 Å². The maximum absolute atomic E-state index is 13.0. The lowest BCUT2D eigenvalue weighted by molar-refractivity contribution is -0.143. The Balaban J connectivity index is 2.15. The normalized spacial score (nSPS) is 20.5. The molecule has 2 atom stereocenters. The zero-order valence-corrected chi connectivity index (χ0v) is 19.2. The molecule has 1 amide bonds. The molecule has 0 unspecified atom stereocenters. The van der Waals surface area contributed by atoms with E-state index in [0.29, 0.717) is 34.4 Å².